The first-order valence-electron chi connectivity index (χ1n) is 6.44. The first-order chi connectivity index (χ1) is 10.4. The second-order valence-electron chi connectivity index (χ2n) is 4.55. The predicted molar refractivity (Wildman–Crippen MR) is 77.8 cm³/mol. The normalized spacial score (nSPS) is 11.6. The summed E-state index contributed by atoms with van der Waals surface area (Å²) in [6.07, 6.45) is -1.57. The molecule has 5 heteroatoms. The van der Waals surface area contributed by atoms with Crippen molar-refractivity contribution in [1.82, 2.24) is 0 Å². The van der Waals surface area contributed by atoms with Gasteiger partial charge in [0.1, 0.15) is 5.75 Å². The average molecular weight is 306 g/mol. The Morgan fingerprint density at radius 2 is 1.77 bits per heavy atom. The van der Waals surface area contributed by atoms with Crippen molar-refractivity contribution in [3.8, 4) is 5.75 Å². The molecule has 0 saturated heterocycles. The lowest BCUT2D eigenvalue weighted by Gasteiger charge is -2.05. The van der Waals surface area contributed by atoms with Gasteiger partial charge in [0.15, 0.2) is 5.78 Å². The van der Waals surface area contributed by atoms with Crippen molar-refractivity contribution in [2.75, 3.05) is 7.11 Å². The molecule has 2 rings (SSSR count). The van der Waals surface area contributed by atoms with E-state index < -0.39 is 11.7 Å². The third-order valence-corrected chi connectivity index (χ3v) is 3.02. The summed E-state index contributed by atoms with van der Waals surface area (Å²) in [7, 11) is 1.50. The third kappa shape index (κ3) is 3.97. The Kier molecular flexibility index (Phi) is 4.65. The molecule has 22 heavy (non-hydrogen) atoms. The summed E-state index contributed by atoms with van der Waals surface area (Å²) < 4.78 is 42.4. The molecule has 2 aromatic carbocycles. The highest BCUT2D eigenvalue weighted by atomic mass is 19.4. The molecule has 114 valence electrons. The van der Waals surface area contributed by atoms with Crippen LogP contribution in [0, 0.1) is 0 Å². The number of hydrogen-bond donors (Lipinski definition) is 0. The van der Waals surface area contributed by atoms with E-state index in [1.165, 1.54) is 31.4 Å². The smallest absolute Gasteiger partial charge is 0.416 e. The zero-order valence-electron chi connectivity index (χ0n) is 11.7. The molecule has 0 heterocycles. The molecule has 0 atom stereocenters. The van der Waals surface area contributed by atoms with Gasteiger partial charge in [0.05, 0.1) is 12.7 Å². The van der Waals surface area contributed by atoms with E-state index in [0.717, 1.165) is 12.1 Å². The number of hydrogen-bond acceptors (Lipinski definition) is 2. The molecule has 0 unspecified atom stereocenters. The molecule has 2 nitrogen and oxygen atoms in total. The lowest BCUT2D eigenvalue weighted by molar-refractivity contribution is -0.137. The van der Waals surface area contributed by atoms with Crippen LogP contribution in [0.25, 0.3) is 6.08 Å². The number of ether oxygens (including phenoxy) is 1. The minimum Gasteiger partial charge on any atom is -0.497 e. The van der Waals surface area contributed by atoms with Gasteiger partial charge in [0.25, 0.3) is 0 Å². The van der Waals surface area contributed by atoms with Crippen molar-refractivity contribution >= 4 is 11.9 Å². The third-order valence-electron chi connectivity index (χ3n) is 3.02. The Balaban J connectivity index is 2.12. The lowest BCUT2D eigenvalue weighted by atomic mass is 10.1. The van der Waals surface area contributed by atoms with E-state index in [2.05, 4.69) is 0 Å². The molecular formula is C17H13F3O2. The van der Waals surface area contributed by atoms with E-state index in [1.807, 2.05) is 0 Å². The molecule has 0 N–H and O–H groups in total. The first kappa shape index (κ1) is 15.8. The quantitative estimate of drug-likeness (QED) is 0.609. The fourth-order valence-corrected chi connectivity index (χ4v) is 1.83. The zero-order valence-corrected chi connectivity index (χ0v) is 11.7. The largest absolute Gasteiger partial charge is 0.497 e. The Bertz CT molecular complexity index is 686. The molecule has 0 aromatic heterocycles. The van der Waals surface area contributed by atoms with Crippen molar-refractivity contribution in [1.29, 1.82) is 0 Å². The summed E-state index contributed by atoms with van der Waals surface area (Å²) in [5.41, 5.74) is 0.246. The lowest BCUT2D eigenvalue weighted by Crippen LogP contribution is -2.04. The number of methoxy groups -OCH3 is 1. The fourth-order valence-electron chi connectivity index (χ4n) is 1.83. The van der Waals surface area contributed by atoms with Crippen LogP contribution in [-0.4, -0.2) is 12.9 Å². The van der Waals surface area contributed by atoms with Crippen LogP contribution in [0.2, 0.25) is 0 Å². The van der Waals surface area contributed by atoms with Crippen LogP contribution in [0.1, 0.15) is 21.5 Å². The van der Waals surface area contributed by atoms with Gasteiger partial charge in [-0.25, -0.2) is 0 Å². The van der Waals surface area contributed by atoms with Crippen LogP contribution in [0.4, 0.5) is 13.2 Å². The van der Waals surface area contributed by atoms with E-state index in [1.54, 1.807) is 24.3 Å². The first-order valence-corrected chi connectivity index (χ1v) is 6.44. The van der Waals surface area contributed by atoms with Crippen LogP contribution in [0.15, 0.2) is 54.6 Å². The summed E-state index contributed by atoms with van der Waals surface area (Å²) in [5.74, 6) is 0.313. The molecule has 0 radical (unpaired) electrons. The van der Waals surface area contributed by atoms with Gasteiger partial charge in [0, 0.05) is 5.56 Å². The van der Waals surface area contributed by atoms with E-state index in [0.29, 0.717) is 16.9 Å². The summed E-state index contributed by atoms with van der Waals surface area (Å²) in [6.45, 7) is 0. The van der Waals surface area contributed by atoms with E-state index in [4.69, 9.17) is 4.74 Å². The monoisotopic (exact) mass is 306 g/mol. The van der Waals surface area contributed by atoms with Crippen LogP contribution in [0.5, 0.6) is 5.75 Å². The van der Waals surface area contributed by atoms with Gasteiger partial charge in [-0.05, 0) is 35.9 Å². The van der Waals surface area contributed by atoms with E-state index in [9.17, 15) is 18.0 Å². The number of carbonyl (C=O) groups is 1. The number of benzene rings is 2. The molecule has 0 amide bonds. The van der Waals surface area contributed by atoms with Crippen molar-refractivity contribution < 1.29 is 22.7 Å². The molecule has 0 spiro atoms. The van der Waals surface area contributed by atoms with Gasteiger partial charge in [-0.2, -0.15) is 13.2 Å². The number of alkyl halides is 3. The molecular weight excluding hydrogens is 293 g/mol. The number of halogens is 3. The number of ketones is 1. The van der Waals surface area contributed by atoms with Crippen LogP contribution in [0.3, 0.4) is 0 Å². The summed E-state index contributed by atoms with van der Waals surface area (Å²) in [5, 5.41) is 0. The van der Waals surface area contributed by atoms with Crippen LogP contribution >= 0.6 is 0 Å². The number of carbonyl (C=O) groups excluding carboxylic acids is 1. The van der Waals surface area contributed by atoms with Gasteiger partial charge in [-0.15, -0.1) is 0 Å². The summed E-state index contributed by atoms with van der Waals surface area (Å²) in [6, 6.07) is 11.2. The minimum absolute atomic E-state index is 0.251. The molecule has 0 bridgehead atoms. The predicted octanol–water partition coefficient (Wildman–Crippen LogP) is 4.61. The van der Waals surface area contributed by atoms with E-state index in [-0.39, 0.29) is 5.78 Å². The van der Waals surface area contributed by atoms with Gasteiger partial charge >= 0.3 is 6.18 Å². The second-order valence-corrected chi connectivity index (χ2v) is 4.55. The number of allylic oxidation sites excluding steroid dienone is 1. The van der Waals surface area contributed by atoms with Gasteiger partial charge < -0.3 is 4.74 Å². The van der Waals surface area contributed by atoms with Crippen molar-refractivity contribution in [3.05, 3.63) is 71.3 Å². The molecule has 0 aliphatic heterocycles. The van der Waals surface area contributed by atoms with Crippen molar-refractivity contribution in [2.24, 2.45) is 0 Å². The standard InChI is InChI=1S/C17H13F3O2/c1-22-15-4-2-3-13(11-15)16(21)10-7-12-5-8-14(9-6-12)17(18,19)20/h2-11H,1H3/b10-7+. The van der Waals surface area contributed by atoms with Crippen molar-refractivity contribution in [3.63, 3.8) is 0 Å². The Labute approximate surface area is 125 Å². The van der Waals surface area contributed by atoms with Gasteiger partial charge in [0.2, 0.25) is 0 Å². The van der Waals surface area contributed by atoms with Crippen molar-refractivity contribution in [2.45, 2.75) is 6.18 Å². The van der Waals surface area contributed by atoms with E-state index >= 15 is 0 Å². The molecule has 0 aliphatic rings. The van der Waals surface area contributed by atoms with Gasteiger partial charge in [-0.3, -0.25) is 4.79 Å². The maximum atomic E-state index is 12.4. The Morgan fingerprint density at radius 3 is 2.36 bits per heavy atom. The minimum atomic E-state index is -4.36. The second kappa shape index (κ2) is 6.47. The summed E-state index contributed by atoms with van der Waals surface area (Å²) >= 11 is 0. The molecule has 0 fully saturated rings. The highest BCUT2D eigenvalue weighted by Crippen LogP contribution is 2.29. The molecule has 0 saturated carbocycles. The molecule has 0 aliphatic carbocycles. The maximum Gasteiger partial charge on any atom is 0.416 e. The zero-order chi connectivity index (χ0) is 16.2. The average Bonchev–Trinajstić information content (AvgIpc) is 2.52. The Hall–Kier alpha value is -2.56. The summed E-state index contributed by atoms with van der Waals surface area (Å²) in [4.78, 5) is 12.0. The topological polar surface area (TPSA) is 26.3 Å². The fraction of sp³-hybridized carbons (Fsp3) is 0.118. The highest BCUT2D eigenvalue weighted by Gasteiger charge is 2.29. The van der Waals surface area contributed by atoms with Crippen LogP contribution in [-0.2, 0) is 6.18 Å². The SMILES string of the molecule is COc1cccc(C(=O)/C=C/c2ccc(C(F)(F)F)cc2)c1. The van der Waals surface area contributed by atoms with Crippen LogP contribution < -0.4 is 4.74 Å². The highest BCUT2D eigenvalue weighted by molar-refractivity contribution is 6.07. The Morgan fingerprint density at radius 1 is 1.09 bits per heavy atom. The van der Waals surface area contributed by atoms with Gasteiger partial charge in [-0.1, -0.05) is 30.3 Å². The molecule has 2 aromatic rings. The number of rotatable bonds is 4. The maximum absolute atomic E-state index is 12.4.